The van der Waals surface area contributed by atoms with Crippen molar-refractivity contribution in [3.8, 4) is 0 Å². The topological polar surface area (TPSA) is 24.7 Å². The molecule has 2 nitrogen and oxygen atoms in total. The second-order valence-corrected chi connectivity index (χ2v) is 13.1. The molecule has 5 aromatic carbocycles. The van der Waals surface area contributed by atoms with Gasteiger partial charge in [-0.1, -0.05) is 109 Å². The summed E-state index contributed by atoms with van der Waals surface area (Å²) in [7, 11) is -2.04. The van der Waals surface area contributed by atoms with Gasteiger partial charge in [0, 0.05) is 16.1 Å². The van der Waals surface area contributed by atoms with E-state index in [4.69, 9.17) is 21.8 Å². The van der Waals surface area contributed by atoms with Gasteiger partial charge in [0.15, 0.2) is 0 Å². The molecule has 0 fully saturated rings. The molecule has 5 rings (SSSR count). The Morgan fingerprint density at radius 2 is 0.921 bits per heavy atom. The van der Waals surface area contributed by atoms with Crippen LogP contribution in [-0.2, 0) is 0 Å². The normalized spacial score (nSPS) is 12.4. The Morgan fingerprint density at radius 3 is 1.37 bits per heavy atom. The third-order valence-corrected chi connectivity index (χ3v) is 11.3. The molecule has 0 unspecified atom stereocenters. The van der Waals surface area contributed by atoms with Gasteiger partial charge in [-0.05, 0) is 55.5 Å². The highest BCUT2D eigenvalue weighted by Crippen LogP contribution is 2.55. The molecular weight excluding hydrogens is 503 g/mol. The van der Waals surface area contributed by atoms with Gasteiger partial charge in [-0.25, -0.2) is 0 Å². The molecule has 0 spiro atoms. The number of nitrogens with zero attached hydrogens (tertiary/aromatic N) is 2. The van der Waals surface area contributed by atoms with Crippen LogP contribution < -0.4 is 15.9 Å². The lowest BCUT2D eigenvalue weighted by atomic mass is 10.0. The molecule has 0 aliphatic heterocycles. The zero-order valence-corrected chi connectivity index (χ0v) is 22.9. The van der Waals surface area contributed by atoms with E-state index in [2.05, 4.69) is 110 Å². The summed E-state index contributed by atoms with van der Waals surface area (Å²) in [4.78, 5) is 0. The van der Waals surface area contributed by atoms with Crippen molar-refractivity contribution >= 4 is 46.2 Å². The largest absolute Gasteiger partial charge is 0.156 e. The molecule has 0 aliphatic carbocycles. The van der Waals surface area contributed by atoms with Crippen molar-refractivity contribution in [2.45, 2.75) is 6.92 Å². The first-order valence-corrected chi connectivity index (χ1v) is 15.0. The SMILES string of the molecule is C/C(C[P+](c1ccccc1)(c1ccccc1)c1ccccc1)=N/N=C(/c1ccccc1)c1ccc(Cl)cc1. The smallest absolute Gasteiger partial charge is 0.117 e. The Kier molecular flexibility index (Phi) is 8.24. The number of hydrogen-bond donors (Lipinski definition) is 0. The standard InChI is InChI=1S/C34H29ClN2P/c1-27(36-37-34(28-14-6-2-7-15-28)29-22-24-30(35)25-23-29)26-38(31-16-8-3-9-17-31,32-18-10-4-11-19-32)33-20-12-5-13-21-33/h2-25H,26H2,1H3/q+1/b36-27-,37-34-. The fourth-order valence-corrected chi connectivity index (χ4v) is 9.13. The van der Waals surface area contributed by atoms with Crippen LogP contribution in [0.25, 0.3) is 0 Å². The Morgan fingerprint density at radius 1 is 0.526 bits per heavy atom. The highest BCUT2D eigenvalue weighted by Gasteiger charge is 2.45. The van der Waals surface area contributed by atoms with E-state index in [0.29, 0.717) is 5.02 Å². The molecule has 0 aliphatic rings. The lowest BCUT2D eigenvalue weighted by Crippen LogP contribution is -2.35. The average molecular weight is 532 g/mol. The highest BCUT2D eigenvalue weighted by molar-refractivity contribution is 7.96. The monoisotopic (exact) mass is 531 g/mol. The minimum absolute atomic E-state index is 0.698. The van der Waals surface area contributed by atoms with E-state index in [1.165, 1.54) is 15.9 Å². The summed E-state index contributed by atoms with van der Waals surface area (Å²) in [6.45, 7) is 2.09. The van der Waals surface area contributed by atoms with Crippen LogP contribution >= 0.6 is 18.9 Å². The summed E-state index contributed by atoms with van der Waals surface area (Å²) >= 11 is 6.17. The third-order valence-electron chi connectivity index (χ3n) is 6.54. The van der Waals surface area contributed by atoms with Gasteiger partial charge in [0.25, 0.3) is 0 Å². The Hall–Kier alpha value is -3.84. The molecule has 0 N–H and O–H groups in total. The van der Waals surface area contributed by atoms with Gasteiger partial charge in [-0.15, -0.1) is 5.10 Å². The van der Waals surface area contributed by atoms with Crippen LogP contribution in [0.3, 0.4) is 0 Å². The molecule has 0 saturated carbocycles. The summed E-state index contributed by atoms with van der Waals surface area (Å²) < 4.78 is 0. The molecule has 0 aromatic heterocycles. The number of halogens is 1. The van der Waals surface area contributed by atoms with Gasteiger partial charge in [0.05, 0.1) is 5.71 Å². The lowest BCUT2D eigenvalue weighted by Gasteiger charge is -2.27. The number of benzene rings is 5. The van der Waals surface area contributed by atoms with Crippen molar-refractivity contribution in [2.24, 2.45) is 10.2 Å². The Labute approximate surface area is 230 Å². The lowest BCUT2D eigenvalue weighted by molar-refractivity contribution is 1.22. The van der Waals surface area contributed by atoms with E-state index in [0.717, 1.165) is 28.7 Å². The second kappa shape index (κ2) is 12.1. The first-order valence-electron chi connectivity index (χ1n) is 12.6. The van der Waals surface area contributed by atoms with E-state index in [-0.39, 0.29) is 0 Å². The molecule has 0 heterocycles. The van der Waals surface area contributed by atoms with Crippen LogP contribution in [0, 0.1) is 0 Å². The van der Waals surface area contributed by atoms with Crippen molar-refractivity contribution in [1.29, 1.82) is 0 Å². The Bertz CT molecular complexity index is 1420. The summed E-state index contributed by atoms with van der Waals surface area (Å²) in [6.07, 6.45) is 0.789. The molecule has 0 amide bonds. The van der Waals surface area contributed by atoms with Crippen LogP contribution in [0.5, 0.6) is 0 Å². The van der Waals surface area contributed by atoms with Crippen molar-refractivity contribution < 1.29 is 0 Å². The fraction of sp³-hybridized carbons (Fsp3) is 0.0588. The minimum atomic E-state index is -2.04. The summed E-state index contributed by atoms with van der Waals surface area (Å²) in [5.74, 6) is 0. The molecule has 5 aromatic rings. The molecular formula is C34H29ClN2P+. The molecule has 0 atom stereocenters. The predicted molar refractivity (Wildman–Crippen MR) is 167 cm³/mol. The van der Waals surface area contributed by atoms with Crippen LogP contribution in [0.2, 0.25) is 5.02 Å². The maximum absolute atomic E-state index is 6.17. The van der Waals surface area contributed by atoms with Gasteiger partial charge < -0.3 is 0 Å². The molecule has 4 heteroatoms. The minimum Gasteiger partial charge on any atom is -0.156 e. The van der Waals surface area contributed by atoms with E-state index in [1.54, 1.807) is 0 Å². The summed E-state index contributed by atoms with van der Waals surface area (Å²) in [6, 6.07) is 50.5. The molecule has 0 radical (unpaired) electrons. The molecule has 0 bridgehead atoms. The van der Waals surface area contributed by atoms with Gasteiger partial charge >= 0.3 is 0 Å². The van der Waals surface area contributed by atoms with E-state index in [1.807, 2.05) is 42.5 Å². The highest BCUT2D eigenvalue weighted by atomic mass is 35.5. The molecule has 38 heavy (non-hydrogen) atoms. The fourth-order valence-electron chi connectivity index (χ4n) is 4.76. The van der Waals surface area contributed by atoms with Crippen molar-refractivity contribution in [2.75, 3.05) is 6.16 Å². The maximum atomic E-state index is 6.17. The number of rotatable bonds is 8. The first-order chi connectivity index (χ1) is 18.7. The van der Waals surface area contributed by atoms with Gasteiger partial charge in [0.1, 0.15) is 35.0 Å². The van der Waals surface area contributed by atoms with Crippen molar-refractivity contribution in [3.63, 3.8) is 0 Å². The van der Waals surface area contributed by atoms with Crippen LogP contribution in [-0.4, -0.2) is 17.6 Å². The summed E-state index contributed by atoms with van der Waals surface area (Å²) in [5, 5.41) is 14.4. The Balaban J connectivity index is 1.64. The zero-order chi connectivity index (χ0) is 26.2. The second-order valence-electron chi connectivity index (χ2n) is 9.13. The predicted octanol–water partition coefficient (Wildman–Crippen LogP) is 7.55. The first kappa shape index (κ1) is 25.8. The van der Waals surface area contributed by atoms with E-state index in [9.17, 15) is 0 Å². The average Bonchev–Trinajstić information content (AvgIpc) is 2.99. The molecule has 186 valence electrons. The van der Waals surface area contributed by atoms with Crippen molar-refractivity contribution in [1.82, 2.24) is 0 Å². The maximum Gasteiger partial charge on any atom is 0.117 e. The van der Waals surface area contributed by atoms with Crippen LogP contribution in [0.4, 0.5) is 0 Å². The van der Waals surface area contributed by atoms with Crippen LogP contribution in [0.1, 0.15) is 18.1 Å². The quantitative estimate of drug-likeness (QED) is 0.112. The van der Waals surface area contributed by atoms with E-state index >= 15 is 0 Å². The number of hydrogen-bond acceptors (Lipinski definition) is 2. The van der Waals surface area contributed by atoms with Crippen molar-refractivity contribution in [3.05, 3.63) is 162 Å². The van der Waals surface area contributed by atoms with Crippen LogP contribution in [0.15, 0.2) is 156 Å². The van der Waals surface area contributed by atoms with Gasteiger partial charge in [0.2, 0.25) is 0 Å². The van der Waals surface area contributed by atoms with Gasteiger partial charge in [-0.2, -0.15) is 5.10 Å². The van der Waals surface area contributed by atoms with E-state index < -0.39 is 7.26 Å². The third kappa shape index (κ3) is 5.68. The summed E-state index contributed by atoms with van der Waals surface area (Å²) in [5.41, 5.74) is 3.80. The zero-order valence-electron chi connectivity index (χ0n) is 21.3. The molecule has 0 saturated heterocycles. The van der Waals surface area contributed by atoms with Gasteiger partial charge in [-0.3, -0.25) is 0 Å².